The standard InChI is InChI=1S/C15H21BrO/c1-10-7-8-14(15(17-3)11(10)2)12-5-4-6-13(16)9-12/h7-8,12-13H,4-6,9H2,1-3H3. The van der Waals surface area contributed by atoms with Crippen LogP contribution >= 0.6 is 15.9 Å². The normalized spacial score (nSPS) is 24.7. The topological polar surface area (TPSA) is 9.23 Å². The molecule has 1 saturated carbocycles. The molecule has 0 aliphatic heterocycles. The lowest BCUT2D eigenvalue weighted by Crippen LogP contribution is -2.14. The lowest BCUT2D eigenvalue weighted by atomic mass is 9.82. The Morgan fingerprint density at radius 2 is 2.00 bits per heavy atom. The molecule has 0 N–H and O–H groups in total. The molecule has 1 aliphatic rings. The smallest absolute Gasteiger partial charge is 0.125 e. The second kappa shape index (κ2) is 5.43. The monoisotopic (exact) mass is 296 g/mol. The molecule has 0 saturated heterocycles. The number of ether oxygens (including phenoxy) is 1. The maximum absolute atomic E-state index is 5.63. The molecule has 1 nitrogen and oxygen atoms in total. The maximum Gasteiger partial charge on any atom is 0.125 e. The van der Waals surface area contributed by atoms with Gasteiger partial charge in [-0.3, -0.25) is 0 Å². The first-order valence-corrected chi connectivity index (χ1v) is 7.33. The molecule has 0 radical (unpaired) electrons. The van der Waals surface area contributed by atoms with Crippen molar-refractivity contribution in [3.05, 3.63) is 28.8 Å². The predicted molar refractivity (Wildman–Crippen MR) is 76.4 cm³/mol. The van der Waals surface area contributed by atoms with Crippen LogP contribution < -0.4 is 4.74 Å². The van der Waals surface area contributed by atoms with Gasteiger partial charge in [0.05, 0.1) is 7.11 Å². The van der Waals surface area contributed by atoms with Crippen LogP contribution in [0.1, 0.15) is 48.3 Å². The van der Waals surface area contributed by atoms with Crippen LogP contribution in [-0.4, -0.2) is 11.9 Å². The Balaban J connectivity index is 2.34. The summed E-state index contributed by atoms with van der Waals surface area (Å²) in [6.45, 7) is 4.31. The number of rotatable bonds is 2. The molecule has 0 bridgehead atoms. The Kier molecular flexibility index (Phi) is 4.13. The second-order valence-corrected chi connectivity index (χ2v) is 6.39. The summed E-state index contributed by atoms with van der Waals surface area (Å²) in [5.74, 6) is 1.76. The molecule has 0 amide bonds. The highest BCUT2D eigenvalue weighted by Gasteiger charge is 2.24. The minimum Gasteiger partial charge on any atom is -0.496 e. The molecule has 2 unspecified atom stereocenters. The zero-order valence-corrected chi connectivity index (χ0v) is 12.5. The second-order valence-electron chi connectivity index (χ2n) is 5.09. The van der Waals surface area contributed by atoms with Gasteiger partial charge in [-0.25, -0.2) is 0 Å². The van der Waals surface area contributed by atoms with E-state index in [9.17, 15) is 0 Å². The summed E-state index contributed by atoms with van der Waals surface area (Å²) >= 11 is 3.76. The van der Waals surface area contributed by atoms with Crippen molar-refractivity contribution < 1.29 is 4.74 Å². The number of aryl methyl sites for hydroxylation is 1. The van der Waals surface area contributed by atoms with E-state index >= 15 is 0 Å². The Bertz CT molecular complexity index is 400. The maximum atomic E-state index is 5.63. The van der Waals surface area contributed by atoms with E-state index < -0.39 is 0 Å². The van der Waals surface area contributed by atoms with Gasteiger partial charge in [-0.1, -0.05) is 34.5 Å². The highest BCUT2D eigenvalue weighted by molar-refractivity contribution is 9.09. The molecular formula is C15H21BrO. The Morgan fingerprint density at radius 1 is 1.24 bits per heavy atom. The number of benzene rings is 1. The van der Waals surface area contributed by atoms with E-state index in [1.54, 1.807) is 7.11 Å². The molecule has 1 aromatic carbocycles. The van der Waals surface area contributed by atoms with E-state index in [1.165, 1.54) is 42.4 Å². The third-order valence-corrected chi connectivity index (χ3v) is 4.79. The number of hydrogen-bond acceptors (Lipinski definition) is 1. The van der Waals surface area contributed by atoms with Gasteiger partial charge in [0.15, 0.2) is 0 Å². The van der Waals surface area contributed by atoms with Crippen LogP contribution in [0, 0.1) is 13.8 Å². The fourth-order valence-electron chi connectivity index (χ4n) is 2.82. The number of halogens is 1. The van der Waals surface area contributed by atoms with Crippen molar-refractivity contribution in [2.45, 2.75) is 50.3 Å². The highest BCUT2D eigenvalue weighted by atomic mass is 79.9. The van der Waals surface area contributed by atoms with Gasteiger partial charge in [-0.15, -0.1) is 0 Å². The molecule has 2 rings (SSSR count). The molecular weight excluding hydrogens is 276 g/mol. The third-order valence-electron chi connectivity index (χ3n) is 3.96. The summed E-state index contributed by atoms with van der Waals surface area (Å²) in [5, 5.41) is 0. The van der Waals surface area contributed by atoms with E-state index in [2.05, 4.69) is 41.9 Å². The Hall–Kier alpha value is -0.500. The van der Waals surface area contributed by atoms with Gasteiger partial charge in [-0.2, -0.15) is 0 Å². The van der Waals surface area contributed by atoms with Crippen molar-refractivity contribution in [2.24, 2.45) is 0 Å². The van der Waals surface area contributed by atoms with Crippen LogP contribution in [0.15, 0.2) is 12.1 Å². The van der Waals surface area contributed by atoms with E-state index in [-0.39, 0.29) is 0 Å². The van der Waals surface area contributed by atoms with Gasteiger partial charge in [0.2, 0.25) is 0 Å². The summed E-state index contributed by atoms with van der Waals surface area (Å²) in [6, 6.07) is 4.49. The van der Waals surface area contributed by atoms with Gasteiger partial charge >= 0.3 is 0 Å². The number of hydrogen-bond donors (Lipinski definition) is 0. The van der Waals surface area contributed by atoms with Crippen LogP contribution in [0.5, 0.6) is 5.75 Å². The molecule has 1 aromatic rings. The van der Waals surface area contributed by atoms with E-state index in [4.69, 9.17) is 4.74 Å². The molecule has 17 heavy (non-hydrogen) atoms. The van der Waals surface area contributed by atoms with E-state index in [1.807, 2.05) is 0 Å². The van der Waals surface area contributed by atoms with Crippen molar-refractivity contribution in [2.75, 3.05) is 7.11 Å². The average molecular weight is 297 g/mol. The molecule has 0 aromatic heterocycles. The lowest BCUT2D eigenvalue weighted by Gasteiger charge is -2.28. The third kappa shape index (κ3) is 2.67. The minimum atomic E-state index is 0.655. The first kappa shape index (κ1) is 12.9. The number of alkyl halides is 1. The summed E-state index contributed by atoms with van der Waals surface area (Å²) in [5.41, 5.74) is 4.01. The van der Waals surface area contributed by atoms with Gasteiger partial charge in [-0.05, 0) is 55.7 Å². The molecule has 2 atom stereocenters. The van der Waals surface area contributed by atoms with Crippen LogP contribution in [0.2, 0.25) is 0 Å². The average Bonchev–Trinajstić information content (AvgIpc) is 2.32. The fraction of sp³-hybridized carbons (Fsp3) is 0.600. The van der Waals surface area contributed by atoms with Crippen molar-refractivity contribution >= 4 is 15.9 Å². The lowest BCUT2D eigenvalue weighted by molar-refractivity contribution is 0.387. The molecule has 1 aliphatic carbocycles. The summed E-state index contributed by atoms with van der Waals surface area (Å²) in [4.78, 5) is 0.674. The van der Waals surface area contributed by atoms with E-state index in [0.29, 0.717) is 10.7 Å². The highest BCUT2D eigenvalue weighted by Crippen LogP contribution is 2.41. The van der Waals surface area contributed by atoms with Crippen molar-refractivity contribution in [3.63, 3.8) is 0 Å². The first-order chi connectivity index (χ1) is 8.13. The SMILES string of the molecule is COc1c(C2CCCC(Br)C2)ccc(C)c1C. The van der Waals surface area contributed by atoms with Gasteiger partial charge in [0, 0.05) is 4.83 Å². The molecule has 0 spiro atoms. The fourth-order valence-corrected chi connectivity index (χ4v) is 3.59. The number of methoxy groups -OCH3 is 1. The molecule has 1 fully saturated rings. The summed E-state index contributed by atoms with van der Waals surface area (Å²) in [6.07, 6.45) is 5.15. The summed E-state index contributed by atoms with van der Waals surface area (Å²) in [7, 11) is 1.79. The predicted octanol–water partition coefficient (Wildman–Crippen LogP) is 4.73. The van der Waals surface area contributed by atoms with Gasteiger partial charge < -0.3 is 4.74 Å². The van der Waals surface area contributed by atoms with Gasteiger partial charge in [0.1, 0.15) is 5.75 Å². The van der Waals surface area contributed by atoms with Gasteiger partial charge in [0.25, 0.3) is 0 Å². The largest absolute Gasteiger partial charge is 0.496 e. The van der Waals surface area contributed by atoms with Crippen LogP contribution in [0.3, 0.4) is 0 Å². The Morgan fingerprint density at radius 3 is 2.65 bits per heavy atom. The van der Waals surface area contributed by atoms with Crippen LogP contribution in [0.25, 0.3) is 0 Å². The van der Waals surface area contributed by atoms with E-state index in [0.717, 1.165) is 5.75 Å². The van der Waals surface area contributed by atoms with Crippen molar-refractivity contribution in [3.8, 4) is 5.75 Å². The zero-order chi connectivity index (χ0) is 12.4. The summed E-state index contributed by atoms with van der Waals surface area (Å²) < 4.78 is 5.63. The molecule has 94 valence electrons. The van der Waals surface area contributed by atoms with Crippen LogP contribution in [-0.2, 0) is 0 Å². The quantitative estimate of drug-likeness (QED) is 0.717. The minimum absolute atomic E-state index is 0.655. The Labute approximate surface area is 113 Å². The molecule has 2 heteroatoms. The zero-order valence-electron chi connectivity index (χ0n) is 10.9. The van der Waals surface area contributed by atoms with Crippen LogP contribution in [0.4, 0.5) is 0 Å². The molecule has 0 heterocycles. The van der Waals surface area contributed by atoms with Crippen molar-refractivity contribution in [1.29, 1.82) is 0 Å². The first-order valence-electron chi connectivity index (χ1n) is 6.41. The van der Waals surface area contributed by atoms with Crippen molar-refractivity contribution in [1.82, 2.24) is 0 Å².